The number of rotatable bonds is 4. The largest absolute Gasteiger partial charge is 0.486 e. The number of amides is 1. The minimum atomic E-state index is -4.68. The van der Waals surface area contributed by atoms with Gasteiger partial charge in [-0.3, -0.25) is 5.32 Å². The number of anilines is 2. The molecular weight excluding hydrogens is 375 g/mol. The molecule has 0 spiro atoms. The summed E-state index contributed by atoms with van der Waals surface area (Å²) in [4.78, 5) is 11.8. The first kappa shape index (κ1) is 21.7. The van der Waals surface area contributed by atoms with Crippen molar-refractivity contribution in [3.8, 4) is 11.8 Å². The van der Waals surface area contributed by atoms with Crippen LogP contribution in [0.3, 0.4) is 0 Å². The van der Waals surface area contributed by atoms with Gasteiger partial charge >= 0.3 is 12.3 Å². The Bertz CT molecular complexity index is 785. The number of ether oxygens (including phenoxy) is 2. The topological polar surface area (TPSA) is 83.4 Å². The summed E-state index contributed by atoms with van der Waals surface area (Å²) >= 11 is 0. The molecule has 2 atom stereocenters. The summed E-state index contributed by atoms with van der Waals surface area (Å²) in [5.74, 6) is 0.534. The molecule has 0 unspecified atom stereocenters. The lowest BCUT2D eigenvalue weighted by Crippen LogP contribution is -2.44. The van der Waals surface area contributed by atoms with Crippen molar-refractivity contribution < 1.29 is 27.4 Å². The highest BCUT2D eigenvalue weighted by atomic mass is 19.4. The van der Waals surface area contributed by atoms with Gasteiger partial charge in [-0.2, -0.15) is 18.4 Å². The van der Waals surface area contributed by atoms with E-state index in [0.29, 0.717) is 17.9 Å². The molecule has 1 heterocycles. The third-order valence-electron chi connectivity index (χ3n) is 4.49. The van der Waals surface area contributed by atoms with E-state index in [1.165, 1.54) is 6.07 Å². The number of nitrogens with one attached hydrogen (secondary N) is 2. The van der Waals surface area contributed by atoms with Gasteiger partial charge in [0.2, 0.25) is 5.60 Å². The SMILES string of the molecule is C[C@@H]1Nc2cc(NC(=O)OC(C)(C)C(F)(F)F)ccc2O[C@H]1CC(C)(C)C#N. The lowest BCUT2D eigenvalue weighted by molar-refractivity contribution is -0.242. The van der Waals surface area contributed by atoms with Gasteiger partial charge in [-0.1, -0.05) is 0 Å². The van der Waals surface area contributed by atoms with E-state index in [9.17, 15) is 23.2 Å². The van der Waals surface area contributed by atoms with Crippen LogP contribution in [0.15, 0.2) is 18.2 Å². The van der Waals surface area contributed by atoms with E-state index in [4.69, 9.17) is 4.74 Å². The van der Waals surface area contributed by atoms with Crippen molar-refractivity contribution in [2.45, 2.75) is 65.0 Å². The molecule has 1 amide bonds. The molecule has 1 aromatic rings. The predicted octanol–water partition coefficient (Wildman–Crippen LogP) is 5.08. The van der Waals surface area contributed by atoms with Crippen LogP contribution in [0.4, 0.5) is 29.3 Å². The fourth-order valence-electron chi connectivity index (χ4n) is 2.63. The van der Waals surface area contributed by atoms with E-state index in [2.05, 4.69) is 21.4 Å². The molecule has 0 saturated heterocycles. The first-order valence-corrected chi connectivity index (χ1v) is 8.79. The molecule has 0 aliphatic carbocycles. The van der Waals surface area contributed by atoms with Gasteiger partial charge in [0.15, 0.2) is 0 Å². The van der Waals surface area contributed by atoms with E-state index in [0.717, 1.165) is 13.8 Å². The number of fused-ring (bicyclic) bond motifs is 1. The number of benzene rings is 1. The van der Waals surface area contributed by atoms with Gasteiger partial charge in [0.05, 0.1) is 23.2 Å². The molecule has 0 saturated carbocycles. The summed E-state index contributed by atoms with van der Waals surface area (Å²) in [5, 5.41) is 14.7. The monoisotopic (exact) mass is 399 g/mol. The van der Waals surface area contributed by atoms with Crippen LogP contribution >= 0.6 is 0 Å². The first-order chi connectivity index (χ1) is 12.7. The minimum absolute atomic E-state index is 0.105. The molecule has 154 valence electrons. The van der Waals surface area contributed by atoms with Gasteiger partial charge in [-0.15, -0.1) is 0 Å². The second kappa shape index (κ2) is 7.41. The maximum Gasteiger partial charge on any atom is 0.427 e. The predicted molar refractivity (Wildman–Crippen MR) is 98.2 cm³/mol. The fourth-order valence-corrected chi connectivity index (χ4v) is 2.63. The molecule has 0 radical (unpaired) electrons. The van der Waals surface area contributed by atoms with E-state index in [-0.39, 0.29) is 17.8 Å². The Hall–Kier alpha value is -2.63. The molecule has 2 N–H and O–H groups in total. The van der Waals surface area contributed by atoms with E-state index in [1.54, 1.807) is 12.1 Å². The molecule has 2 rings (SSSR count). The molecule has 28 heavy (non-hydrogen) atoms. The molecule has 0 bridgehead atoms. The van der Waals surface area contributed by atoms with E-state index in [1.807, 2.05) is 20.8 Å². The lowest BCUT2D eigenvalue weighted by Gasteiger charge is -2.35. The van der Waals surface area contributed by atoms with Crippen molar-refractivity contribution >= 4 is 17.5 Å². The van der Waals surface area contributed by atoms with Crippen molar-refractivity contribution in [2.24, 2.45) is 5.41 Å². The van der Waals surface area contributed by atoms with Crippen molar-refractivity contribution in [1.82, 2.24) is 0 Å². The Kier molecular flexibility index (Phi) is 5.74. The molecule has 1 aromatic carbocycles. The molecular formula is C19H24F3N3O3. The highest BCUT2D eigenvalue weighted by Crippen LogP contribution is 2.37. The number of carbonyl (C=O) groups excluding carboxylic acids is 1. The van der Waals surface area contributed by atoms with Crippen LogP contribution in [-0.2, 0) is 4.74 Å². The molecule has 1 aliphatic rings. The van der Waals surface area contributed by atoms with Crippen molar-refractivity contribution in [3.05, 3.63) is 18.2 Å². The molecule has 1 aliphatic heterocycles. The Balaban J connectivity index is 2.08. The third kappa shape index (κ3) is 5.00. The average Bonchev–Trinajstić information content (AvgIpc) is 2.54. The summed E-state index contributed by atoms with van der Waals surface area (Å²) in [6.07, 6.45) is -5.59. The highest BCUT2D eigenvalue weighted by molar-refractivity contribution is 5.86. The number of hydrogen-bond donors (Lipinski definition) is 2. The summed E-state index contributed by atoms with van der Waals surface area (Å²) in [7, 11) is 0. The maximum absolute atomic E-state index is 12.8. The number of alkyl halides is 3. The average molecular weight is 399 g/mol. The summed E-state index contributed by atoms with van der Waals surface area (Å²) in [5.41, 5.74) is -2.30. The van der Waals surface area contributed by atoms with Crippen LogP contribution in [0, 0.1) is 16.7 Å². The summed E-state index contributed by atoms with van der Waals surface area (Å²) in [6, 6.07) is 6.80. The molecule has 9 heteroatoms. The van der Waals surface area contributed by atoms with Crippen LogP contribution < -0.4 is 15.4 Å². The molecule has 6 nitrogen and oxygen atoms in total. The van der Waals surface area contributed by atoms with Crippen LogP contribution in [0.2, 0.25) is 0 Å². The zero-order valence-electron chi connectivity index (χ0n) is 16.4. The molecule has 0 fully saturated rings. The smallest absolute Gasteiger partial charge is 0.427 e. The van der Waals surface area contributed by atoms with Crippen molar-refractivity contribution in [1.29, 1.82) is 5.26 Å². The van der Waals surface area contributed by atoms with Crippen molar-refractivity contribution in [2.75, 3.05) is 10.6 Å². The number of halogens is 3. The van der Waals surface area contributed by atoms with Crippen LogP contribution in [0.1, 0.15) is 41.0 Å². The standard InChI is InChI=1S/C19H24F3N3O3/c1-11-15(9-17(2,3)10-23)27-14-7-6-12(8-13(14)24-11)25-16(26)28-18(4,5)19(20,21)22/h6-8,11,15,24H,9H2,1-5H3,(H,25,26)/t11-,15-/m0/s1. The summed E-state index contributed by atoms with van der Waals surface area (Å²) in [6.45, 7) is 7.12. The number of hydrogen-bond acceptors (Lipinski definition) is 5. The van der Waals surface area contributed by atoms with Crippen molar-refractivity contribution in [3.63, 3.8) is 0 Å². The second-order valence-corrected chi connectivity index (χ2v) is 8.02. The van der Waals surface area contributed by atoms with Gasteiger partial charge in [0.25, 0.3) is 0 Å². The van der Waals surface area contributed by atoms with Crippen LogP contribution in [0.25, 0.3) is 0 Å². The van der Waals surface area contributed by atoms with Gasteiger partial charge < -0.3 is 14.8 Å². The van der Waals surface area contributed by atoms with Gasteiger partial charge in [0.1, 0.15) is 11.9 Å². The Morgan fingerprint density at radius 3 is 2.54 bits per heavy atom. The Morgan fingerprint density at radius 2 is 1.96 bits per heavy atom. The lowest BCUT2D eigenvalue weighted by atomic mass is 9.86. The number of carbonyl (C=O) groups is 1. The normalized spacial score (nSPS) is 19.5. The van der Waals surface area contributed by atoms with Crippen LogP contribution in [0.5, 0.6) is 5.75 Å². The minimum Gasteiger partial charge on any atom is -0.486 e. The second-order valence-electron chi connectivity index (χ2n) is 8.02. The summed E-state index contributed by atoms with van der Waals surface area (Å²) < 4.78 is 48.9. The quantitative estimate of drug-likeness (QED) is 0.738. The van der Waals surface area contributed by atoms with Gasteiger partial charge in [0, 0.05) is 12.1 Å². The third-order valence-corrected chi connectivity index (χ3v) is 4.49. The molecule has 0 aromatic heterocycles. The van der Waals surface area contributed by atoms with E-state index < -0.39 is 23.3 Å². The van der Waals surface area contributed by atoms with E-state index >= 15 is 0 Å². The fraction of sp³-hybridized carbons (Fsp3) is 0.579. The van der Waals surface area contributed by atoms with Crippen LogP contribution in [-0.4, -0.2) is 30.0 Å². The highest BCUT2D eigenvalue weighted by Gasteiger charge is 2.51. The Morgan fingerprint density at radius 1 is 1.32 bits per heavy atom. The Labute approximate surface area is 162 Å². The maximum atomic E-state index is 12.8. The zero-order valence-corrected chi connectivity index (χ0v) is 16.4. The van der Waals surface area contributed by atoms with Gasteiger partial charge in [-0.25, -0.2) is 4.79 Å². The number of nitriles is 1. The van der Waals surface area contributed by atoms with Gasteiger partial charge in [-0.05, 0) is 52.8 Å². The number of nitrogens with zero attached hydrogens (tertiary/aromatic N) is 1. The first-order valence-electron chi connectivity index (χ1n) is 8.79. The zero-order chi connectivity index (χ0) is 21.3.